The van der Waals surface area contributed by atoms with E-state index in [0.29, 0.717) is 5.69 Å². The highest BCUT2D eigenvalue weighted by molar-refractivity contribution is 7.91. The number of rotatable bonds is 4. The van der Waals surface area contributed by atoms with E-state index >= 15 is 0 Å². The Morgan fingerprint density at radius 1 is 1.25 bits per heavy atom. The molecule has 1 aromatic carbocycles. The van der Waals surface area contributed by atoms with Crippen LogP contribution in [-0.4, -0.2) is 31.3 Å². The normalized spacial score (nSPS) is 10.8. The molecule has 0 spiro atoms. The van der Waals surface area contributed by atoms with Crippen molar-refractivity contribution in [1.29, 1.82) is 0 Å². The third-order valence-corrected chi connectivity index (χ3v) is 3.73. The number of benzene rings is 1. The van der Waals surface area contributed by atoms with Gasteiger partial charge in [-0.3, -0.25) is 0 Å². The monoisotopic (exact) mass is 239 g/mol. The molecule has 0 radical (unpaired) electrons. The summed E-state index contributed by atoms with van der Waals surface area (Å²) in [5.41, 5.74) is 0.362. The Bertz CT molecular complexity index is 489. The molecule has 1 rings (SSSR count). The van der Waals surface area contributed by atoms with E-state index in [1.54, 1.807) is 0 Å². The van der Waals surface area contributed by atoms with Gasteiger partial charge in [0.25, 0.3) is 0 Å². The maximum atomic E-state index is 11.6. The van der Waals surface area contributed by atoms with Crippen LogP contribution in [0.2, 0.25) is 6.32 Å². The summed E-state index contributed by atoms with van der Waals surface area (Å²) in [5, 5.41) is 17.2. The highest BCUT2D eigenvalue weighted by Crippen LogP contribution is 2.18. The molecule has 0 bridgehead atoms. The van der Waals surface area contributed by atoms with Crippen molar-refractivity contribution in [2.75, 3.05) is 5.75 Å². The molecule has 84 valence electrons. The van der Waals surface area contributed by atoms with E-state index in [1.165, 1.54) is 24.3 Å². The molecule has 1 aromatic rings. The van der Waals surface area contributed by atoms with Gasteiger partial charge in [-0.05, 0) is 6.32 Å². The maximum Gasteiger partial charge on any atom is 0.452 e. The predicted octanol–water partition coefficient (Wildman–Crippen LogP) is 0.484. The summed E-state index contributed by atoms with van der Waals surface area (Å²) in [4.78, 5) is 3.23. The lowest BCUT2D eigenvalue weighted by Crippen LogP contribution is -2.17. The van der Waals surface area contributed by atoms with Crippen molar-refractivity contribution in [3.63, 3.8) is 0 Å². The van der Waals surface area contributed by atoms with Crippen molar-refractivity contribution >= 4 is 22.6 Å². The lowest BCUT2D eigenvalue weighted by molar-refractivity contribution is 0.408. The maximum absolute atomic E-state index is 11.6. The number of nitrogens with zero attached hydrogens (tertiary/aromatic N) is 1. The summed E-state index contributed by atoms with van der Waals surface area (Å²) >= 11 is 0. The molecule has 0 unspecified atom stereocenters. The summed E-state index contributed by atoms with van der Waals surface area (Å²) in [6.07, 6.45) is -0.229. The Morgan fingerprint density at radius 3 is 2.25 bits per heavy atom. The van der Waals surface area contributed by atoms with Crippen molar-refractivity contribution in [3.05, 3.63) is 35.7 Å². The van der Waals surface area contributed by atoms with E-state index in [9.17, 15) is 8.42 Å². The van der Waals surface area contributed by atoms with Crippen LogP contribution in [0.25, 0.3) is 4.85 Å². The average molecular weight is 239 g/mol. The van der Waals surface area contributed by atoms with Crippen LogP contribution in [0.3, 0.4) is 0 Å². The smallest absolute Gasteiger partial charge is 0.427 e. The zero-order valence-electron chi connectivity index (χ0n) is 8.37. The Kier molecular flexibility index (Phi) is 4.07. The average Bonchev–Trinajstić information content (AvgIpc) is 2.27. The summed E-state index contributed by atoms with van der Waals surface area (Å²) in [7, 11) is -5.13. The van der Waals surface area contributed by atoms with Crippen LogP contribution >= 0.6 is 0 Å². The molecule has 0 fully saturated rings. The summed E-state index contributed by atoms with van der Waals surface area (Å²) in [6.45, 7) is 6.72. The second-order valence-corrected chi connectivity index (χ2v) is 5.30. The summed E-state index contributed by atoms with van der Waals surface area (Å²) in [6, 6.07) is 5.50. The number of hydrogen-bond donors (Lipinski definition) is 2. The molecular formula is C9H10BNO4S. The van der Waals surface area contributed by atoms with Gasteiger partial charge in [-0.1, -0.05) is 24.3 Å². The van der Waals surface area contributed by atoms with Crippen molar-refractivity contribution in [1.82, 2.24) is 0 Å². The Hall–Kier alpha value is -1.36. The fraction of sp³-hybridized carbons (Fsp3) is 0.222. The molecule has 0 aliphatic carbocycles. The Balaban J connectivity index is 2.87. The minimum absolute atomic E-state index is 0.0838. The lowest BCUT2D eigenvalue weighted by atomic mass is 9.88. The van der Waals surface area contributed by atoms with Gasteiger partial charge in [0.2, 0.25) is 0 Å². The van der Waals surface area contributed by atoms with Gasteiger partial charge < -0.3 is 10.0 Å². The van der Waals surface area contributed by atoms with Gasteiger partial charge in [0, 0.05) is 0 Å². The molecule has 0 saturated carbocycles. The van der Waals surface area contributed by atoms with Gasteiger partial charge in [0.1, 0.15) is 0 Å². The number of sulfone groups is 1. The van der Waals surface area contributed by atoms with Crippen LogP contribution in [-0.2, 0) is 9.84 Å². The second kappa shape index (κ2) is 5.12. The zero-order chi connectivity index (χ0) is 12.2. The van der Waals surface area contributed by atoms with E-state index in [2.05, 4.69) is 4.85 Å². The van der Waals surface area contributed by atoms with E-state index in [4.69, 9.17) is 16.6 Å². The molecule has 0 heterocycles. The van der Waals surface area contributed by atoms with E-state index in [1.807, 2.05) is 0 Å². The van der Waals surface area contributed by atoms with Crippen LogP contribution in [0.15, 0.2) is 29.2 Å². The van der Waals surface area contributed by atoms with Crippen molar-refractivity contribution in [2.45, 2.75) is 11.2 Å². The Morgan fingerprint density at radius 2 is 1.81 bits per heavy atom. The summed E-state index contributed by atoms with van der Waals surface area (Å²) < 4.78 is 23.3. The van der Waals surface area contributed by atoms with Crippen molar-refractivity contribution in [2.24, 2.45) is 0 Å². The van der Waals surface area contributed by atoms with E-state index < -0.39 is 17.0 Å². The fourth-order valence-electron chi connectivity index (χ4n) is 1.11. The van der Waals surface area contributed by atoms with E-state index in [0.717, 1.165) is 0 Å². The first-order chi connectivity index (χ1) is 7.45. The first kappa shape index (κ1) is 12.7. The largest absolute Gasteiger partial charge is 0.452 e. The second-order valence-electron chi connectivity index (χ2n) is 3.19. The molecule has 0 aliphatic rings. The molecule has 0 aliphatic heterocycles. The van der Waals surface area contributed by atoms with Gasteiger partial charge >= 0.3 is 7.12 Å². The molecule has 0 amide bonds. The molecule has 0 atom stereocenters. The van der Waals surface area contributed by atoms with Crippen LogP contribution in [0, 0.1) is 6.57 Å². The molecule has 16 heavy (non-hydrogen) atoms. The van der Waals surface area contributed by atoms with Crippen molar-refractivity contribution in [3.8, 4) is 0 Å². The first-order valence-corrected chi connectivity index (χ1v) is 6.17. The van der Waals surface area contributed by atoms with Gasteiger partial charge in [0.05, 0.1) is 17.2 Å². The highest BCUT2D eigenvalue weighted by atomic mass is 32.2. The van der Waals surface area contributed by atoms with Gasteiger partial charge in [-0.2, -0.15) is 0 Å². The van der Waals surface area contributed by atoms with Gasteiger partial charge in [-0.15, -0.1) is 0 Å². The fourth-order valence-corrected chi connectivity index (χ4v) is 2.41. The predicted molar refractivity (Wildman–Crippen MR) is 59.8 cm³/mol. The van der Waals surface area contributed by atoms with E-state index in [-0.39, 0.29) is 17.0 Å². The third kappa shape index (κ3) is 3.34. The third-order valence-electron chi connectivity index (χ3n) is 1.97. The topological polar surface area (TPSA) is 79.0 Å². The van der Waals surface area contributed by atoms with Crippen LogP contribution in [0.4, 0.5) is 5.69 Å². The lowest BCUT2D eigenvalue weighted by Gasteiger charge is -2.03. The first-order valence-electron chi connectivity index (χ1n) is 4.52. The molecule has 0 aromatic heterocycles. The zero-order valence-corrected chi connectivity index (χ0v) is 9.18. The molecule has 0 saturated heterocycles. The highest BCUT2D eigenvalue weighted by Gasteiger charge is 2.18. The van der Waals surface area contributed by atoms with Crippen LogP contribution in [0.1, 0.15) is 0 Å². The number of hydrogen-bond acceptors (Lipinski definition) is 4. The molecular weight excluding hydrogens is 229 g/mol. The molecule has 7 heteroatoms. The minimum Gasteiger partial charge on any atom is -0.427 e. The van der Waals surface area contributed by atoms with Crippen molar-refractivity contribution < 1.29 is 18.5 Å². The van der Waals surface area contributed by atoms with Gasteiger partial charge in [-0.25, -0.2) is 13.3 Å². The molecule has 2 N–H and O–H groups in total. The molecule has 5 nitrogen and oxygen atoms in total. The van der Waals surface area contributed by atoms with Crippen LogP contribution in [0.5, 0.6) is 0 Å². The SMILES string of the molecule is [C-]#[N+]c1ccc(S(=O)(=O)CCB(O)O)cc1. The standard InChI is InChI=1S/C9H10BNO4S/c1-11-8-2-4-9(5-3-8)16(14,15)7-6-10(12)13/h2-5,12-13H,6-7H2. The van der Waals surface area contributed by atoms with Gasteiger partial charge in [0.15, 0.2) is 15.5 Å². The summed E-state index contributed by atoms with van der Waals surface area (Å²) in [5.74, 6) is -0.331. The minimum atomic E-state index is -3.50. The Labute approximate surface area is 94.2 Å². The quantitative estimate of drug-likeness (QED) is 0.591. The van der Waals surface area contributed by atoms with Crippen LogP contribution < -0.4 is 0 Å².